The van der Waals surface area contributed by atoms with Gasteiger partial charge in [0.25, 0.3) is 0 Å². The molecule has 0 aliphatic carbocycles. The number of hydrogen-bond acceptors (Lipinski definition) is 3. The highest BCUT2D eigenvalue weighted by atomic mass is 16.6. The summed E-state index contributed by atoms with van der Waals surface area (Å²) in [5.74, 6) is -1.03. The van der Waals surface area contributed by atoms with Crippen molar-refractivity contribution >= 4 is 11.7 Å². The van der Waals surface area contributed by atoms with Crippen LogP contribution in [-0.4, -0.2) is 23.4 Å². The van der Waals surface area contributed by atoms with Crippen molar-refractivity contribution in [3.05, 3.63) is 35.4 Å². The molecule has 4 heteroatoms. The molecule has 1 aromatic carbocycles. The molecule has 0 aliphatic heterocycles. The van der Waals surface area contributed by atoms with E-state index in [1.165, 1.54) is 0 Å². The average molecular weight is 207 g/mol. The van der Waals surface area contributed by atoms with Crippen LogP contribution in [0.15, 0.2) is 29.4 Å². The fourth-order valence-corrected chi connectivity index (χ4v) is 1.21. The Bertz CT molecular complexity index is 385. The molecule has 0 saturated carbocycles. The van der Waals surface area contributed by atoms with E-state index < -0.39 is 12.6 Å². The molecule has 0 unspecified atom stereocenters. The van der Waals surface area contributed by atoms with Gasteiger partial charge in [0.2, 0.25) is 6.61 Å². The van der Waals surface area contributed by atoms with Gasteiger partial charge in [-0.15, -0.1) is 0 Å². The molecular formula is C11H13NO3. The van der Waals surface area contributed by atoms with Gasteiger partial charge >= 0.3 is 5.97 Å². The zero-order chi connectivity index (χ0) is 11.3. The number of aliphatic carboxylic acids is 1. The Morgan fingerprint density at radius 2 is 2.13 bits per heavy atom. The molecule has 0 fully saturated rings. The molecule has 1 aromatic rings. The molecule has 0 atom stereocenters. The van der Waals surface area contributed by atoms with Crippen molar-refractivity contribution in [3.8, 4) is 0 Å². The van der Waals surface area contributed by atoms with Gasteiger partial charge in [-0.2, -0.15) is 0 Å². The molecule has 0 bridgehead atoms. The minimum atomic E-state index is -1.03. The lowest BCUT2D eigenvalue weighted by molar-refractivity contribution is -0.142. The Kier molecular flexibility index (Phi) is 3.85. The first kappa shape index (κ1) is 11.2. The first-order valence-electron chi connectivity index (χ1n) is 4.55. The third kappa shape index (κ3) is 3.42. The zero-order valence-corrected chi connectivity index (χ0v) is 8.73. The summed E-state index contributed by atoms with van der Waals surface area (Å²) in [6.07, 6.45) is 0. The van der Waals surface area contributed by atoms with Gasteiger partial charge in [-0.05, 0) is 19.4 Å². The van der Waals surface area contributed by atoms with E-state index in [0.717, 1.165) is 11.1 Å². The van der Waals surface area contributed by atoms with E-state index in [2.05, 4.69) is 9.99 Å². The predicted octanol–water partition coefficient (Wildman–Crippen LogP) is 1.82. The highest BCUT2D eigenvalue weighted by molar-refractivity contribution is 5.99. The SMILES string of the molecule is CC(=NOCC(=O)O)c1ccccc1C. The molecule has 0 aromatic heterocycles. The number of benzene rings is 1. The highest BCUT2D eigenvalue weighted by Crippen LogP contribution is 2.08. The van der Waals surface area contributed by atoms with Crippen molar-refractivity contribution in [1.82, 2.24) is 0 Å². The van der Waals surface area contributed by atoms with E-state index in [4.69, 9.17) is 5.11 Å². The van der Waals surface area contributed by atoms with Crippen LogP contribution in [0.4, 0.5) is 0 Å². The van der Waals surface area contributed by atoms with Gasteiger partial charge in [-0.1, -0.05) is 29.4 Å². The number of carboxylic acids is 1. The summed E-state index contributed by atoms with van der Waals surface area (Å²) in [7, 11) is 0. The summed E-state index contributed by atoms with van der Waals surface area (Å²) in [5, 5.41) is 12.1. The maximum Gasteiger partial charge on any atom is 0.344 e. The lowest BCUT2D eigenvalue weighted by Gasteiger charge is -2.03. The molecule has 15 heavy (non-hydrogen) atoms. The largest absolute Gasteiger partial charge is 0.479 e. The van der Waals surface area contributed by atoms with E-state index in [9.17, 15) is 4.79 Å². The van der Waals surface area contributed by atoms with Crippen LogP contribution in [0.5, 0.6) is 0 Å². The second-order valence-electron chi connectivity index (χ2n) is 3.16. The van der Waals surface area contributed by atoms with Crippen molar-refractivity contribution < 1.29 is 14.7 Å². The van der Waals surface area contributed by atoms with Gasteiger partial charge in [0.05, 0.1) is 5.71 Å². The van der Waals surface area contributed by atoms with Crippen LogP contribution >= 0.6 is 0 Å². The van der Waals surface area contributed by atoms with Crippen LogP contribution < -0.4 is 0 Å². The molecule has 80 valence electrons. The van der Waals surface area contributed by atoms with E-state index >= 15 is 0 Å². The Morgan fingerprint density at radius 3 is 2.73 bits per heavy atom. The van der Waals surface area contributed by atoms with E-state index in [0.29, 0.717) is 5.71 Å². The second-order valence-corrected chi connectivity index (χ2v) is 3.16. The molecule has 0 spiro atoms. The molecule has 0 heterocycles. The Labute approximate surface area is 88.2 Å². The van der Waals surface area contributed by atoms with Crippen molar-refractivity contribution in [2.24, 2.45) is 5.16 Å². The van der Waals surface area contributed by atoms with E-state index in [-0.39, 0.29) is 0 Å². The van der Waals surface area contributed by atoms with Crippen LogP contribution in [0.1, 0.15) is 18.1 Å². The molecule has 0 aliphatic rings. The van der Waals surface area contributed by atoms with Gasteiger partial charge in [0.15, 0.2) is 0 Å². The molecular weight excluding hydrogens is 194 g/mol. The molecule has 0 radical (unpaired) electrons. The average Bonchev–Trinajstić information content (AvgIpc) is 2.17. The minimum absolute atomic E-state index is 0.413. The number of aryl methyl sites for hydroxylation is 1. The number of nitrogens with zero attached hydrogens (tertiary/aromatic N) is 1. The van der Waals surface area contributed by atoms with Crippen LogP contribution in [-0.2, 0) is 9.63 Å². The first-order valence-corrected chi connectivity index (χ1v) is 4.55. The molecule has 0 amide bonds. The lowest BCUT2D eigenvalue weighted by atomic mass is 10.1. The maximum atomic E-state index is 10.2. The van der Waals surface area contributed by atoms with E-state index in [1.54, 1.807) is 6.92 Å². The Morgan fingerprint density at radius 1 is 1.47 bits per heavy atom. The topological polar surface area (TPSA) is 58.9 Å². The van der Waals surface area contributed by atoms with Crippen molar-refractivity contribution in [1.29, 1.82) is 0 Å². The smallest absolute Gasteiger partial charge is 0.344 e. The van der Waals surface area contributed by atoms with Crippen LogP contribution in [0.2, 0.25) is 0 Å². The van der Waals surface area contributed by atoms with Gasteiger partial charge in [0, 0.05) is 5.56 Å². The quantitative estimate of drug-likeness (QED) is 0.605. The van der Waals surface area contributed by atoms with Gasteiger partial charge in [0.1, 0.15) is 0 Å². The molecule has 0 saturated heterocycles. The zero-order valence-electron chi connectivity index (χ0n) is 8.73. The summed E-state index contributed by atoms with van der Waals surface area (Å²) >= 11 is 0. The van der Waals surface area contributed by atoms with Crippen molar-refractivity contribution in [2.75, 3.05) is 6.61 Å². The summed E-state index contributed by atoms with van der Waals surface area (Å²) < 4.78 is 0. The summed E-state index contributed by atoms with van der Waals surface area (Å²) in [4.78, 5) is 14.8. The second kappa shape index (κ2) is 5.14. The third-order valence-corrected chi connectivity index (χ3v) is 1.92. The fourth-order valence-electron chi connectivity index (χ4n) is 1.21. The van der Waals surface area contributed by atoms with Gasteiger partial charge < -0.3 is 9.94 Å². The van der Waals surface area contributed by atoms with Gasteiger partial charge in [-0.3, -0.25) is 0 Å². The summed E-state index contributed by atoms with van der Waals surface area (Å²) in [6, 6.07) is 7.71. The molecule has 1 rings (SSSR count). The molecule has 4 nitrogen and oxygen atoms in total. The summed E-state index contributed by atoms with van der Waals surface area (Å²) in [5.41, 5.74) is 2.72. The number of hydrogen-bond donors (Lipinski definition) is 1. The molecule has 1 N–H and O–H groups in total. The third-order valence-electron chi connectivity index (χ3n) is 1.92. The first-order chi connectivity index (χ1) is 7.11. The van der Waals surface area contributed by atoms with Crippen molar-refractivity contribution in [2.45, 2.75) is 13.8 Å². The normalized spacial score (nSPS) is 11.2. The van der Waals surface area contributed by atoms with Gasteiger partial charge in [-0.25, -0.2) is 4.79 Å². The van der Waals surface area contributed by atoms with Crippen LogP contribution in [0.3, 0.4) is 0 Å². The minimum Gasteiger partial charge on any atom is -0.479 e. The number of carboxylic acid groups (broad SMARTS) is 1. The van der Waals surface area contributed by atoms with E-state index in [1.807, 2.05) is 31.2 Å². The van der Waals surface area contributed by atoms with Crippen LogP contribution in [0.25, 0.3) is 0 Å². The van der Waals surface area contributed by atoms with Crippen molar-refractivity contribution in [3.63, 3.8) is 0 Å². The predicted molar refractivity (Wildman–Crippen MR) is 57.0 cm³/mol. The highest BCUT2D eigenvalue weighted by Gasteiger charge is 2.01. The van der Waals surface area contributed by atoms with Crippen LogP contribution in [0, 0.1) is 6.92 Å². The maximum absolute atomic E-state index is 10.2. The monoisotopic (exact) mass is 207 g/mol. The number of rotatable bonds is 4. The Balaban J connectivity index is 2.72. The fraction of sp³-hybridized carbons (Fsp3) is 0.273. The number of carbonyl (C=O) groups is 1. The number of oxime groups is 1. The lowest BCUT2D eigenvalue weighted by Crippen LogP contribution is -2.06. The summed E-state index contributed by atoms with van der Waals surface area (Å²) in [6.45, 7) is 3.33. The standard InChI is InChI=1S/C11H13NO3/c1-8-5-3-4-6-10(8)9(2)12-15-7-11(13)14/h3-6H,7H2,1-2H3,(H,13,14). The Hall–Kier alpha value is -1.84.